The summed E-state index contributed by atoms with van der Waals surface area (Å²) in [6.07, 6.45) is 4.58. The van der Waals surface area contributed by atoms with Gasteiger partial charge in [-0.2, -0.15) is 0 Å². The summed E-state index contributed by atoms with van der Waals surface area (Å²) in [5.41, 5.74) is 0.996. The minimum atomic E-state index is -0.330. The topological polar surface area (TPSA) is 80.0 Å². The Kier molecular flexibility index (Phi) is 4.52. The van der Waals surface area contributed by atoms with Gasteiger partial charge in [0.05, 0.1) is 11.8 Å². The zero-order valence-corrected chi connectivity index (χ0v) is 11.5. The monoisotopic (exact) mass is 266 g/mol. The highest BCUT2D eigenvalue weighted by Crippen LogP contribution is 2.38. The molecule has 106 valence electrons. The number of carbonyl (C=O) groups is 1. The summed E-state index contributed by atoms with van der Waals surface area (Å²) in [5, 5.41) is 20.1. The number of aliphatic hydroxyl groups excluding tert-OH is 1. The van der Waals surface area contributed by atoms with Gasteiger partial charge in [-0.05, 0) is 32.1 Å². The average molecular weight is 266 g/mol. The van der Waals surface area contributed by atoms with E-state index in [-0.39, 0.29) is 24.5 Å². The molecule has 0 aromatic carbocycles. The van der Waals surface area contributed by atoms with Gasteiger partial charge < -0.3 is 10.4 Å². The quantitative estimate of drug-likeness (QED) is 0.760. The van der Waals surface area contributed by atoms with Crippen LogP contribution in [0.25, 0.3) is 0 Å². The molecule has 1 saturated carbocycles. The first-order valence-corrected chi connectivity index (χ1v) is 6.89. The lowest BCUT2D eigenvalue weighted by Crippen LogP contribution is -2.32. The summed E-state index contributed by atoms with van der Waals surface area (Å²) in [5.74, 6) is 0.759. The van der Waals surface area contributed by atoms with E-state index in [1.165, 1.54) is 12.8 Å². The van der Waals surface area contributed by atoms with Crippen LogP contribution in [0.15, 0.2) is 6.20 Å². The van der Waals surface area contributed by atoms with Crippen molar-refractivity contribution < 1.29 is 9.90 Å². The number of carbonyl (C=O) groups excluding carboxylic acids is 1. The highest BCUT2D eigenvalue weighted by Gasteiger charge is 2.26. The third-order valence-electron chi connectivity index (χ3n) is 3.25. The molecule has 2 N–H and O–H groups in total. The largest absolute Gasteiger partial charge is 0.393 e. The van der Waals surface area contributed by atoms with E-state index in [9.17, 15) is 9.90 Å². The van der Waals surface area contributed by atoms with Crippen molar-refractivity contribution in [2.45, 2.75) is 51.7 Å². The van der Waals surface area contributed by atoms with E-state index in [4.69, 9.17) is 0 Å². The van der Waals surface area contributed by atoms with Crippen molar-refractivity contribution in [3.8, 4) is 0 Å². The summed E-state index contributed by atoms with van der Waals surface area (Å²) in [6, 6.07) is 0. The minimum Gasteiger partial charge on any atom is -0.393 e. The predicted octanol–water partition coefficient (Wildman–Crippen LogP) is 0.679. The molecule has 0 spiro atoms. The molecule has 2 unspecified atom stereocenters. The summed E-state index contributed by atoms with van der Waals surface area (Å²) >= 11 is 0. The van der Waals surface area contributed by atoms with Crippen molar-refractivity contribution in [3.05, 3.63) is 11.9 Å². The maximum absolute atomic E-state index is 11.7. The smallest absolute Gasteiger partial charge is 0.241 e. The Morgan fingerprint density at radius 2 is 2.32 bits per heavy atom. The Morgan fingerprint density at radius 3 is 2.95 bits per heavy atom. The maximum Gasteiger partial charge on any atom is 0.241 e. The van der Waals surface area contributed by atoms with Crippen LogP contribution in [0.3, 0.4) is 0 Å². The number of nitrogens with one attached hydrogen (secondary N) is 1. The van der Waals surface area contributed by atoms with E-state index < -0.39 is 0 Å². The van der Waals surface area contributed by atoms with Gasteiger partial charge in [-0.15, -0.1) is 5.10 Å². The number of amides is 1. The zero-order valence-electron chi connectivity index (χ0n) is 11.5. The molecular weight excluding hydrogens is 244 g/mol. The molecule has 2 rings (SSSR count). The molecule has 0 aliphatic heterocycles. The van der Waals surface area contributed by atoms with E-state index >= 15 is 0 Å². The maximum atomic E-state index is 11.7. The van der Waals surface area contributed by atoms with Gasteiger partial charge in [0, 0.05) is 18.7 Å². The van der Waals surface area contributed by atoms with Crippen LogP contribution in [0.1, 0.15) is 44.7 Å². The predicted molar refractivity (Wildman–Crippen MR) is 70.5 cm³/mol. The number of rotatable bonds is 7. The van der Waals surface area contributed by atoms with Gasteiger partial charge in [0.1, 0.15) is 6.54 Å². The van der Waals surface area contributed by atoms with Crippen LogP contribution >= 0.6 is 0 Å². The van der Waals surface area contributed by atoms with Gasteiger partial charge in [0.25, 0.3) is 0 Å². The van der Waals surface area contributed by atoms with Crippen molar-refractivity contribution in [2.24, 2.45) is 5.92 Å². The second-order valence-electron chi connectivity index (χ2n) is 5.61. The van der Waals surface area contributed by atoms with Crippen LogP contribution in [0, 0.1) is 5.92 Å². The highest BCUT2D eigenvalue weighted by molar-refractivity contribution is 5.75. The Balaban J connectivity index is 1.71. The number of hydrogen-bond acceptors (Lipinski definition) is 4. The Hall–Kier alpha value is -1.43. The molecule has 1 fully saturated rings. The molecule has 2 atom stereocenters. The van der Waals surface area contributed by atoms with E-state index in [0.29, 0.717) is 18.9 Å². The molecule has 1 aliphatic rings. The van der Waals surface area contributed by atoms with E-state index in [1.54, 1.807) is 11.6 Å². The van der Waals surface area contributed by atoms with Gasteiger partial charge in [-0.25, -0.2) is 4.68 Å². The van der Waals surface area contributed by atoms with E-state index in [2.05, 4.69) is 15.6 Å². The highest BCUT2D eigenvalue weighted by atomic mass is 16.3. The first-order chi connectivity index (χ1) is 9.04. The molecule has 0 saturated heterocycles. The summed E-state index contributed by atoms with van der Waals surface area (Å²) < 4.78 is 1.59. The SMILES string of the molecule is CC(O)CC(C)CNC(=O)Cn1cc(C2CC2)nn1. The van der Waals surface area contributed by atoms with Crippen molar-refractivity contribution in [1.29, 1.82) is 0 Å². The van der Waals surface area contributed by atoms with Gasteiger partial charge in [0.2, 0.25) is 5.91 Å². The van der Waals surface area contributed by atoms with Crippen molar-refractivity contribution in [1.82, 2.24) is 20.3 Å². The molecule has 6 heteroatoms. The summed E-state index contributed by atoms with van der Waals surface area (Å²) in [6.45, 7) is 4.55. The number of hydrogen-bond donors (Lipinski definition) is 2. The fraction of sp³-hybridized carbons (Fsp3) is 0.769. The van der Waals surface area contributed by atoms with Gasteiger partial charge in [-0.1, -0.05) is 12.1 Å². The summed E-state index contributed by atoms with van der Waals surface area (Å²) in [7, 11) is 0. The molecule has 0 radical (unpaired) electrons. The van der Waals surface area contributed by atoms with Crippen LogP contribution in [0.4, 0.5) is 0 Å². The fourth-order valence-corrected chi connectivity index (χ4v) is 2.11. The van der Waals surface area contributed by atoms with E-state index in [1.807, 2.05) is 13.1 Å². The molecular formula is C13H22N4O2. The normalized spacial score (nSPS) is 18.1. The van der Waals surface area contributed by atoms with Crippen molar-refractivity contribution in [2.75, 3.05) is 6.54 Å². The average Bonchev–Trinajstić information content (AvgIpc) is 3.07. The van der Waals surface area contributed by atoms with Crippen molar-refractivity contribution in [3.63, 3.8) is 0 Å². The van der Waals surface area contributed by atoms with Gasteiger partial charge in [0.15, 0.2) is 0 Å². The number of aliphatic hydroxyl groups is 1. The number of nitrogens with zero attached hydrogens (tertiary/aromatic N) is 3. The Morgan fingerprint density at radius 1 is 1.58 bits per heavy atom. The van der Waals surface area contributed by atoms with Crippen LogP contribution in [-0.2, 0) is 11.3 Å². The molecule has 1 heterocycles. The van der Waals surface area contributed by atoms with Gasteiger partial charge >= 0.3 is 0 Å². The van der Waals surface area contributed by atoms with Gasteiger partial charge in [-0.3, -0.25) is 4.79 Å². The molecule has 1 aromatic heterocycles. The molecule has 6 nitrogen and oxygen atoms in total. The molecule has 19 heavy (non-hydrogen) atoms. The zero-order chi connectivity index (χ0) is 13.8. The first kappa shape index (κ1) is 14.0. The lowest BCUT2D eigenvalue weighted by atomic mass is 10.1. The van der Waals surface area contributed by atoms with E-state index in [0.717, 1.165) is 5.69 Å². The van der Waals surface area contributed by atoms with Crippen molar-refractivity contribution >= 4 is 5.91 Å². The Labute approximate surface area is 113 Å². The lowest BCUT2D eigenvalue weighted by molar-refractivity contribution is -0.122. The molecule has 1 aliphatic carbocycles. The molecule has 1 aromatic rings. The Bertz CT molecular complexity index is 426. The lowest BCUT2D eigenvalue weighted by Gasteiger charge is -2.14. The molecule has 0 bridgehead atoms. The minimum absolute atomic E-state index is 0.0651. The second kappa shape index (κ2) is 6.14. The second-order valence-corrected chi connectivity index (χ2v) is 5.61. The van der Waals surface area contributed by atoms with Crippen LogP contribution in [-0.4, -0.2) is 38.7 Å². The summed E-state index contributed by atoms with van der Waals surface area (Å²) in [4.78, 5) is 11.7. The third kappa shape index (κ3) is 4.63. The van der Waals surface area contributed by atoms with Crippen LogP contribution in [0.5, 0.6) is 0 Å². The number of aromatic nitrogens is 3. The first-order valence-electron chi connectivity index (χ1n) is 6.89. The van der Waals surface area contributed by atoms with Crippen LogP contribution in [0.2, 0.25) is 0 Å². The third-order valence-corrected chi connectivity index (χ3v) is 3.25. The standard InChI is InChI=1S/C13H22N4O2/c1-9(5-10(2)18)6-14-13(19)8-17-7-12(15-16-17)11-3-4-11/h7,9-11,18H,3-6,8H2,1-2H3,(H,14,19). The van der Waals surface area contributed by atoms with Crippen LogP contribution < -0.4 is 5.32 Å². The fourth-order valence-electron chi connectivity index (χ4n) is 2.11. The molecule has 1 amide bonds.